The SMILES string of the molecule is C1=CC2=NC1=CC1=NC(=C(c3cccs3)C3=NC(=CC4=NC(=C2)C=C4)C=C3c2cccs2)C(c2cccs2)=C1c1cccs1. The van der Waals surface area contributed by atoms with Gasteiger partial charge in [-0.25, -0.2) is 20.0 Å². The predicted octanol–water partition coefficient (Wildman–Crippen LogP) is 9.93. The van der Waals surface area contributed by atoms with E-state index in [-0.39, 0.29) is 0 Å². The van der Waals surface area contributed by atoms with Crippen LogP contribution in [0.3, 0.4) is 0 Å². The van der Waals surface area contributed by atoms with E-state index in [0.29, 0.717) is 0 Å². The molecule has 0 unspecified atom stereocenters. The average Bonchev–Trinajstić information content (AvgIpc) is 3.87. The van der Waals surface area contributed by atoms with Gasteiger partial charge in [0.1, 0.15) is 0 Å². The van der Waals surface area contributed by atoms with Gasteiger partial charge in [0.25, 0.3) is 0 Å². The van der Waals surface area contributed by atoms with Crippen molar-refractivity contribution in [2.24, 2.45) is 20.0 Å². The van der Waals surface area contributed by atoms with Crippen LogP contribution in [0.5, 0.6) is 0 Å². The Labute approximate surface area is 269 Å². The number of aliphatic imine (C=N–C) groups is 4. The van der Waals surface area contributed by atoms with Crippen LogP contribution in [-0.2, 0) is 0 Å². The number of fused-ring (bicyclic) bond motifs is 4. The Morgan fingerprint density at radius 3 is 1.59 bits per heavy atom. The molecule has 0 radical (unpaired) electrons. The standard InChI is InChI=1S/C36H20N4S4/c1-5-28(41-13-1)26-19-25-18-23-10-9-21(37-23)17-22-11-12-24(38-22)20-27-32(29-6-2-14-42-29)33(30-7-3-15-43-30)36(40-27)34(35(26)39-25)31-8-4-16-44-31/h1-20H. The monoisotopic (exact) mass is 636 g/mol. The summed E-state index contributed by atoms with van der Waals surface area (Å²) in [7, 11) is 0. The molecule has 9 heterocycles. The Morgan fingerprint density at radius 1 is 0.432 bits per heavy atom. The van der Waals surface area contributed by atoms with E-state index < -0.39 is 0 Å². The molecule has 4 nitrogen and oxygen atoms in total. The van der Waals surface area contributed by atoms with Gasteiger partial charge in [-0.15, -0.1) is 45.3 Å². The molecule has 0 saturated heterocycles. The van der Waals surface area contributed by atoms with Crippen LogP contribution < -0.4 is 0 Å². The fourth-order valence-electron chi connectivity index (χ4n) is 5.74. The van der Waals surface area contributed by atoms with Crippen LogP contribution in [0.15, 0.2) is 161 Å². The summed E-state index contributed by atoms with van der Waals surface area (Å²) in [5.41, 5.74) is 11.5. The maximum absolute atomic E-state index is 5.51. The van der Waals surface area contributed by atoms with E-state index in [2.05, 4.69) is 94.4 Å². The largest absolute Gasteiger partial charge is 0.249 e. The lowest BCUT2D eigenvalue weighted by Gasteiger charge is -2.14. The summed E-state index contributed by atoms with van der Waals surface area (Å²) >= 11 is 6.92. The van der Waals surface area contributed by atoms with Crippen molar-refractivity contribution in [1.82, 2.24) is 0 Å². The van der Waals surface area contributed by atoms with Crippen molar-refractivity contribution >= 4 is 90.5 Å². The van der Waals surface area contributed by atoms with Gasteiger partial charge in [0.15, 0.2) is 0 Å². The number of thiophene rings is 4. The van der Waals surface area contributed by atoms with Crippen LogP contribution in [0, 0.1) is 0 Å². The second kappa shape index (κ2) is 10.5. The third kappa shape index (κ3) is 4.46. The summed E-state index contributed by atoms with van der Waals surface area (Å²) in [6.45, 7) is 0. The summed E-state index contributed by atoms with van der Waals surface area (Å²) in [5, 5.41) is 8.52. The second-order valence-corrected chi connectivity index (χ2v) is 14.1. The molecule has 0 saturated carbocycles. The van der Waals surface area contributed by atoms with Gasteiger partial charge in [-0.3, -0.25) is 0 Å². The first kappa shape index (κ1) is 25.9. The van der Waals surface area contributed by atoms with Crippen LogP contribution in [0.4, 0.5) is 0 Å². The van der Waals surface area contributed by atoms with Gasteiger partial charge in [-0.05, 0) is 94.4 Å². The van der Waals surface area contributed by atoms with E-state index in [1.807, 2.05) is 24.3 Å². The Balaban J connectivity index is 1.41. The molecule has 0 spiro atoms. The highest BCUT2D eigenvalue weighted by molar-refractivity contribution is 7.13. The van der Waals surface area contributed by atoms with Crippen molar-refractivity contribution in [2.75, 3.05) is 0 Å². The molecular formula is C36H20N4S4. The third-order valence-electron chi connectivity index (χ3n) is 7.57. The molecule has 8 heteroatoms. The second-order valence-electron chi connectivity index (χ2n) is 10.3. The Bertz CT molecular complexity index is 2210. The molecule has 0 aliphatic carbocycles. The lowest BCUT2D eigenvalue weighted by molar-refractivity contribution is 1.42. The van der Waals surface area contributed by atoms with Crippen molar-refractivity contribution in [2.45, 2.75) is 0 Å². The molecule has 9 rings (SSSR count). The molecule has 44 heavy (non-hydrogen) atoms. The molecule has 5 aliphatic rings. The first-order chi connectivity index (χ1) is 21.8. The molecule has 0 N–H and O–H groups in total. The Hall–Kier alpha value is -4.60. The van der Waals surface area contributed by atoms with Crippen molar-refractivity contribution < 1.29 is 0 Å². The van der Waals surface area contributed by atoms with Gasteiger partial charge in [-0.2, -0.15) is 0 Å². The minimum Gasteiger partial charge on any atom is -0.249 e. The lowest BCUT2D eigenvalue weighted by atomic mass is 9.93. The number of hydrogen-bond donors (Lipinski definition) is 0. The van der Waals surface area contributed by atoms with Crippen LogP contribution in [0.25, 0.3) is 22.3 Å². The van der Waals surface area contributed by atoms with Crippen molar-refractivity contribution in [1.29, 1.82) is 0 Å². The van der Waals surface area contributed by atoms with Crippen molar-refractivity contribution in [3.05, 3.63) is 161 Å². The summed E-state index contributed by atoms with van der Waals surface area (Å²) in [6, 6.07) is 17.2. The van der Waals surface area contributed by atoms with Gasteiger partial charge >= 0.3 is 0 Å². The van der Waals surface area contributed by atoms with Crippen LogP contribution in [0.1, 0.15) is 19.5 Å². The average molecular weight is 637 g/mol. The topological polar surface area (TPSA) is 49.4 Å². The number of rotatable bonds is 4. The van der Waals surface area contributed by atoms with E-state index >= 15 is 0 Å². The van der Waals surface area contributed by atoms with Gasteiger partial charge in [0.05, 0.1) is 45.6 Å². The van der Waals surface area contributed by atoms with E-state index in [1.54, 1.807) is 45.3 Å². The highest BCUT2D eigenvalue weighted by atomic mass is 32.1. The molecule has 0 aromatic carbocycles. The fourth-order valence-corrected chi connectivity index (χ4v) is 8.82. The van der Waals surface area contributed by atoms with Crippen LogP contribution in [-0.4, -0.2) is 22.8 Å². The highest BCUT2D eigenvalue weighted by Crippen LogP contribution is 2.48. The molecule has 0 amide bonds. The first-order valence-electron chi connectivity index (χ1n) is 14.0. The predicted molar refractivity (Wildman–Crippen MR) is 191 cm³/mol. The van der Waals surface area contributed by atoms with Crippen LogP contribution >= 0.6 is 45.3 Å². The van der Waals surface area contributed by atoms with E-state index in [0.717, 1.165) is 72.8 Å². The smallest absolute Gasteiger partial charge is 0.0839 e. The molecule has 208 valence electrons. The molecule has 4 aromatic heterocycles. The summed E-state index contributed by atoms with van der Waals surface area (Å²) in [5.74, 6) is 0. The summed E-state index contributed by atoms with van der Waals surface area (Å²) < 4.78 is 0. The van der Waals surface area contributed by atoms with Gasteiger partial charge < -0.3 is 0 Å². The number of allylic oxidation sites excluding steroid dienone is 12. The quantitative estimate of drug-likeness (QED) is 0.214. The van der Waals surface area contributed by atoms with Crippen molar-refractivity contribution in [3.8, 4) is 0 Å². The minimum atomic E-state index is 0.868. The fraction of sp³-hybridized carbons (Fsp3) is 0. The van der Waals surface area contributed by atoms with Crippen LogP contribution in [0.2, 0.25) is 0 Å². The zero-order valence-corrected chi connectivity index (χ0v) is 26.2. The molecule has 8 bridgehead atoms. The zero-order chi connectivity index (χ0) is 29.0. The Morgan fingerprint density at radius 2 is 0.977 bits per heavy atom. The minimum absolute atomic E-state index is 0.868. The molecular weight excluding hydrogens is 617 g/mol. The molecule has 4 aromatic rings. The lowest BCUT2D eigenvalue weighted by Crippen LogP contribution is -2.05. The van der Waals surface area contributed by atoms with E-state index in [9.17, 15) is 0 Å². The molecule has 5 aliphatic heterocycles. The zero-order valence-electron chi connectivity index (χ0n) is 23.0. The third-order valence-corrected chi connectivity index (χ3v) is 11.1. The normalized spacial score (nSPS) is 18.7. The van der Waals surface area contributed by atoms with Gasteiger partial charge in [-0.1, -0.05) is 24.3 Å². The van der Waals surface area contributed by atoms with Gasteiger partial charge in [0, 0.05) is 41.8 Å². The Kier molecular flexibility index (Phi) is 6.19. The first-order valence-corrected chi connectivity index (χ1v) is 17.5. The maximum atomic E-state index is 5.51. The van der Waals surface area contributed by atoms with Gasteiger partial charge in [0.2, 0.25) is 0 Å². The molecule has 0 atom stereocenters. The summed E-state index contributed by atoms with van der Waals surface area (Å²) in [6.07, 6.45) is 16.6. The summed E-state index contributed by atoms with van der Waals surface area (Å²) in [4.78, 5) is 25.3. The maximum Gasteiger partial charge on any atom is 0.0839 e. The van der Waals surface area contributed by atoms with E-state index in [1.165, 1.54) is 14.6 Å². The van der Waals surface area contributed by atoms with E-state index in [4.69, 9.17) is 20.0 Å². The number of hydrogen-bond acceptors (Lipinski definition) is 8. The molecule has 0 fully saturated rings. The highest BCUT2D eigenvalue weighted by Gasteiger charge is 2.34. The number of nitrogens with zero attached hydrogens (tertiary/aromatic N) is 4. The van der Waals surface area contributed by atoms with Crippen molar-refractivity contribution in [3.63, 3.8) is 0 Å².